The SMILES string of the molecule is CN(C)C(=O)C(=O)Nc1cc(F)ccc1Cc1cnc2c(O)c(C(=O)NCCO)c(=O)n(C)c2c1. The Labute approximate surface area is 198 Å². The van der Waals surface area contributed by atoms with Crippen molar-refractivity contribution >= 4 is 34.4 Å². The summed E-state index contributed by atoms with van der Waals surface area (Å²) in [6.45, 7) is -0.431. The van der Waals surface area contributed by atoms with Crippen LogP contribution in [0.15, 0.2) is 35.3 Å². The monoisotopic (exact) mass is 485 g/mol. The first-order valence-electron chi connectivity index (χ1n) is 10.5. The van der Waals surface area contributed by atoms with E-state index in [-0.39, 0.29) is 36.3 Å². The first-order valence-corrected chi connectivity index (χ1v) is 10.5. The Morgan fingerprint density at radius 2 is 1.91 bits per heavy atom. The van der Waals surface area contributed by atoms with Crippen LogP contribution >= 0.6 is 0 Å². The molecule has 2 aromatic heterocycles. The Balaban J connectivity index is 2.00. The van der Waals surface area contributed by atoms with Crippen molar-refractivity contribution in [2.45, 2.75) is 6.42 Å². The van der Waals surface area contributed by atoms with Crippen molar-refractivity contribution < 1.29 is 29.0 Å². The van der Waals surface area contributed by atoms with Gasteiger partial charge >= 0.3 is 11.8 Å². The highest BCUT2D eigenvalue weighted by atomic mass is 19.1. The molecule has 2 heterocycles. The van der Waals surface area contributed by atoms with Gasteiger partial charge in [0.1, 0.15) is 16.9 Å². The summed E-state index contributed by atoms with van der Waals surface area (Å²) in [6, 6.07) is 5.30. The van der Waals surface area contributed by atoms with Crippen LogP contribution in [-0.2, 0) is 23.1 Å². The topological polar surface area (TPSA) is 154 Å². The summed E-state index contributed by atoms with van der Waals surface area (Å²) in [5, 5.41) is 24.2. The van der Waals surface area contributed by atoms with Crippen molar-refractivity contribution in [2.75, 3.05) is 32.6 Å². The number of anilines is 1. The normalized spacial score (nSPS) is 10.8. The standard InChI is InChI=1S/C23H24FN5O6/c1-28(2)23(35)21(33)27-15-10-14(24)5-4-13(15)8-12-9-16-18(26-11-12)19(31)17(22(34)29(16)3)20(32)25-6-7-30/h4-5,9-11,30-31H,6-8H2,1-3H3,(H,25,32)(H,27,33). The number of carbonyl (C=O) groups is 3. The van der Waals surface area contributed by atoms with E-state index in [1.807, 2.05) is 0 Å². The number of amides is 3. The molecule has 0 bridgehead atoms. The highest BCUT2D eigenvalue weighted by Crippen LogP contribution is 2.27. The van der Waals surface area contributed by atoms with Gasteiger partial charge in [0.05, 0.1) is 12.1 Å². The molecule has 4 N–H and O–H groups in total. The Morgan fingerprint density at radius 1 is 1.20 bits per heavy atom. The lowest BCUT2D eigenvalue weighted by Crippen LogP contribution is -2.34. The third kappa shape index (κ3) is 5.27. The quantitative estimate of drug-likeness (QED) is 0.362. The van der Waals surface area contributed by atoms with Crippen LogP contribution in [0.25, 0.3) is 11.0 Å². The number of hydrogen-bond donors (Lipinski definition) is 4. The first-order chi connectivity index (χ1) is 16.5. The van der Waals surface area contributed by atoms with Gasteiger partial charge in [-0.15, -0.1) is 0 Å². The number of carbonyl (C=O) groups excluding carboxylic acids is 3. The van der Waals surface area contributed by atoms with Crippen LogP contribution in [0.1, 0.15) is 21.5 Å². The molecule has 0 saturated heterocycles. The number of aliphatic hydroxyl groups excluding tert-OH is 1. The number of aliphatic hydroxyl groups is 1. The fourth-order valence-electron chi connectivity index (χ4n) is 3.41. The molecule has 0 aliphatic carbocycles. The third-order valence-electron chi connectivity index (χ3n) is 5.20. The average Bonchev–Trinajstić information content (AvgIpc) is 2.82. The molecule has 0 unspecified atom stereocenters. The molecule has 11 nitrogen and oxygen atoms in total. The average molecular weight is 485 g/mol. The summed E-state index contributed by atoms with van der Waals surface area (Å²) < 4.78 is 15.0. The molecule has 1 aromatic carbocycles. The van der Waals surface area contributed by atoms with Crippen LogP contribution in [-0.4, -0.2) is 69.6 Å². The number of aromatic nitrogens is 2. The number of likely N-dealkylation sites (N-methyl/N-ethyl adjacent to an activating group) is 1. The maximum absolute atomic E-state index is 13.9. The predicted octanol–water partition coefficient (Wildman–Crippen LogP) is 0.118. The maximum atomic E-state index is 13.9. The zero-order valence-corrected chi connectivity index (χ0v) is 19.3. The Hall–Kier alpha value is -4.32. The molecular weight excluding hydrogens is 461 g/mol. The van der Waals surface area contributed by atoms with Crippen molar-refractivity contribution in [1.29, 1.82) is 0 Å². The second kappa shape index (κ2) is 10.3. The van der Waals surface area contributed by atoms with E-state index in [4.69, 9.17) is 5.11 Å². The number of nitrogens with zero attached hydrogens (tertiary/aromatic N) is 3. The van der Waals surface area contributed by atoms with Crippen molar-refractivity contribution in [3.8, 4) is 5.75 Å². The van der Waals surface area contributed by atoms with E-state index >= 15 is 0 Å². The van der Waals surface area contributed by atoms with Gasteiger partial charge in [0.15, 0.2) is 5.75 Å². The summed E-state index contributed by atoms with van der Waals surface area (Å²) in [5.74, 6) is -3.79. The molecule has 0 aliphatic rings. The lowest BCUT2D eigenvalue weighted by Gasteiger charge is -2.15. The summed E-state index contributed by atoms with van der Waals surface area (Å²) in [5.41, 5.74) is 0.0996. The fraction of sp³-hybridized carbons (Fsp3) is 0.261. The number of rotatable bonds is 6. The van der Waals surface area contributed by atoms with Crippen LogP contribution in [0.5, 0.6) is 5.75 Å². The minimum atomic E-state index is -0.933. The minimum Gasteiger partial charge on any atom is -0.505 e. The molecule has 0 radical (unpaired) electrons. The van der Waals surface area contributed by atoms with Gasteiger partial charge in [0, 0.05) is 46.0 Å². The van der Waals surface area contributed by atoms with Crippen molar-refractivity contribution in [2.24, 2.45) is 7.05 Å². The van der Waals surface area contributed by atoms with E-state index < -0.39 is 40.4 Å². The summed E-state index contributed by atoms with van der Waals surface area (Å²) in [4.78, 5) is 54.4. The molecule has 0 spiro atoms. The van der Waals surface area contributed by atoms with Gasteiger partial charge in [-0.2, -0.15) is 0 Å². The third-order valence-corrected chi connectivity index (χ3v) is 5.20. The van der Waals surface area contributed by atoms with Crippen LogP contribution in [0, 0.1) is 5.82 Å². The molecule has 0 aliphatic heterocycles. The number of aromatic hydroxyl groups is 1. The number of aryl methyl sites for hydroxylation is 1. The molecule has 0 saturated carbocycles. The van der Waals surface area contributed by atoms with Crippen molar-refractivity contribution in [3.05, 3.63) is 63.3 Å². The zero-order valence-electron chi connectivity index (χ0n) is 19.3. The van der Waals surface area contributed by atoms with Crippen LogP contribution in [0.3, 0.4) is 0 Å². The minimum absolute atomic E-state index is 0.00853. The summed E-state index contributed by atoms with van der Waals surface area (Å²) in [6.07, 6.45) is 1.55. The van der Waals surface area contributed by atoms with Crippen LogP contribution in [0.4, 0.5) is 10.1 Å². The van der Waals surface area contributed by atoms with Crippen molar-refractivity contribution in [3.63, 3.8) is 0 Å². The van der Waals surface area contributed by atoms with Gasteiger partial charge in [0.2, 0.25) is 0 Å². The Morgan fingerprint density at radius 3 is 2.57 bits per heavy atom. The van der Waals surface area contributed by atoms with E-state index in [1.54, 1.807) is 6.07 Å². The summed E-state index contributed by atoms with van der Waals surface area (Å²) in [7, 11) is 4.24. The molecule has 184 valence electrons. The highest BCUT2D eigenvalue weighted by molar-refractivity contribution is 6.39. The lowest BCUT2D eigenvalue weighted by molar-refractivity contribution is -0.141. The van der Waals surface area contributed by atoms with E-state index in [9.17, 15) is 28.7 Å². The lowest BCUT2D eigenvalue weighted by atomic mass is 10.0. The second-order valence-corrected chi connectivity index (χ2v) is 7.91. The molecule has 35 heavy (non-hydrogen) atoms. The molecule has 3 amide bonds. The second-order valence-electron chi connectivity index (χ2n) is 7.91. The van der Waals surface area contributed by atoms with Gasteiger partial charge in [-0.3, -0.25) is 24.2 Å². The first kappa shape index (κ1) is 25.3. The number of pyridine rings is 2. The van der Waals surface area contributed by atoms with Gasteiger partial charge in [0.25, 0.3) is 11.5 Å². The molecule has 3 aromatic rings. The highest BCUT2D eigenvalue weighted by Gasteiger charge is 2.22. The molecular formula is C23H24FN5O6. The predicted molar refractivity (Wildman–Crippen MR) is 125 cm³/mol. The molecule has 0 fully saturated rings. The summed E-state index contributed by atoms with van der Waals surface area (Å²) >= 11 is 0. The fourth-order valence-corrected chi connectivity index (χ4v) is 3.41. The van der Waals surface area contributed by atoms with Gasteiger partial charge in [-0.05, 0) is 29.3 Å². The van der Waals surface area contributed by atoms with E-state index in [0.29, 0.717) is 11.1 Å². The van der Waals surface area contributed by atoms with E-state index in [2.05, 4.69) is 15.6 Å². The molecule has 12 heteroatoms. The van der Waals surface area contributed by atoms with E-state index in [1.165, 1.54) is 39.5 Å². The number of nitrogens with one attached hydrogen (secondary N) is 2. The maximum Gasteiger partial charge on any atom is 0.313 e. The number of hydrogen-bond acceptors (Lipinski definition) is 7. The molecule has 3 rings (SSSR count). The molecule has 0 atom stereocenters. The van der Waals surface area contributed by atoms with Gasteiger partial charge < -0.3 is 30.3 Å². The Bertz CT molecular complexity index is 1390. The van der Waals surface area contributed by atoms with Crippen LogP contribution < -0.4 is 16.2 Å². The number of benzene rings is 1. The van der Waals surface area contributed by atoms with Gasteiger partial charge in [-0.1, -0.05) is 6.07 Å². The van der Waals surface area contributed by atoms with Crippen molar-refractivity contribution in [1.82, 2.24) is 19.8 Å². The van der Waals surface area contributed by atoms with Crippen LogP contribution in [0.2, 0.25) is 0 Å². The number of halogens is 1. The zero-order chi connectivity index (χ0) is 25.9. The van der Waals surface area contributed by atoms with E-state index in [0.717, 1.165) is 15.5 Å². The largest absolute Gasteiger partial charge is 0.505 e. The Kier molecular flexibility index (Phi) is 7.45. The smallest absolute Gasteiger partial charge is 0.313 e. The number of fused-ring (bicyclic) bond motifs is 1. The van der Waals surface area contributed by atoms with Gasteiger partial charge in [-0.25, -0.2) is 4.39 Å².